The van der Waals surface area contributed by atoms with E-state index in [0.29, 0.717) is 12.3 Å². The van der Waals surface area contributed by atoms with E-state index >= 15 is 0 Å². The summed E-state index contributed by atoms with van der Waals surface area (Å²) in [6.07, 6.45) is 0. The monoisotopic (exact) mass is 392 g/mol. The first-order valence-corrected chi connectivity index (χ1v) is 9.92. The van der Waals surface area contributed by atoms with Crippen molar-refractivity contribution in [2.45, 2.75) is 11.8 Å². The summed E-state index contributed by atoms with van der Waals surface area (Å²) >= 11 is 7.47. The molecule has 6 heteroatoms. The Kier molecular flexibility index (Phi) is 8.29. The average Bonchev–Trinajstić information content (AvgIpc) is 2.63. The Morgan fingerprint density at radius 1 is 1.19 bits per heavy atom. The lowest BCUT2D eigenvalue weighted by Crippen LogP contribution is -2.35. The number of benzene rings is 2. The van der Waals surface area contributed by atoms with Gasteiger partial charge in [-0.2, -0.15) is 0 Å². The minimum absolute atomic E-state index is 0.0331. The number of hydrogen-bond acceptors (Lipinski definition) is 4. The van der Waals surface area contributed by atoms with Crippen LogP contribution < -0.4 is 10.1 Å². The molecule has 1 amide bonds. The molecule has 0 aliphatic rings. The molecular formula is C20H25ClN2O2S. The fourth-order valence-corrected chi connectivity index (χ4v) is 3.56. The van der Waals surface area contributed by atoms with Crippen molar-refractivity contribution in [1.82, 2.24) is 10.2 Å². The maximum atomic E-state index is 12.2. The highest BCUT2D eigenvalue weighted by Crippen LogP contribution is 2.27. The number of amides is 1. The first-order valence-electron chi connectivity index (χ1n) is 8.39. The highest BCUT2D eigenvalue weighted by atomic mass is 35.5. The van der Waals surface area contributed by atoms with Crippen molar-refractivity contribution in [1.29, 1.82) is 0 Å². The number of nitrogens with zero attached hydrogens (tertiary/aromatic N) is 1. The van der Waals surface area contributed by atoms with Gasteiger partial charge in [0.2, 0.25) is 5.91 Å². The Morgan fingerprint density at radius 2 is 1.88 bits per heavy atom. The summed E-state index contributed by atoms with van der Waals surface area (Å²) in [5, 5.41) is 3.76. The van der Waals surface area contributed by atoms with E-state index in [9.17, 15) is 4.79 Å². The molecule has 140 valence electrons. The predicted octanol–water partition coefficient (Wildman–Crippen LogP) is 4.00. The van der Waals surface area contributed by atoms with Crippen LogP contribution in [0.5, 0.6) is 5.75 Å². The molecule has 0 bridgehead atoms. The van der Waals surface area contributed by atoms with Gasteiger partial charge >= 0.3 is 0 Å². The standard InChI is InChI=1S/C20H25ClN2O2S/c1-23(2)18(17-6-4-5-7-19(17)25-3)12-22-20(24)14-26-13-15-8-10-16(21)11-9-15/h4-11,18H,12-14H2,1-3H3,(H,22,24). The molecule has 0 radical (unpaired) electrons. The van der Waals surface area contributed by atoms with Gasteiger partial charge in [-0.15, -0.1) is 11.8 Å². The van der Waals surface area contributed by atoms with Crippen LogP contribution in [0.1, 0.15) is 17.2 Å². The third-order valence-corrected chi connectivity index (χ3v) is 5.28. The summed E-state index contributed by atoms with van der Waals surface area (Å²) in [5.74, 6) is 2.08. The average molecular weight is 393 g/mol. The third kappa shape index (κ3) is 6.24. The number of hydrogen-bond donors (Lipinski definition) is 1. The Hall–Kier alpha value is -1.69. The summed E-state index contributed by atoms with van der Waals surface area (Å²) < 4.78 is 5.45. The van der Waals surface area contributed by atoms with E-state index in [4.69, 9.17) is 16.3 Å². The van der Waals surface area contributed by atoms with Crippen LogP contribution >= 0.6 is 23.4 Å². The van der Waals surface area contributed by atoms with Crippen LogP contribution in [0.3, 0.4) is 0 Å². The van der Waals surface area contributed by atoms with Crippen LogP contribution in [0.4, 0.5) is 0 Å². The second kappa shape index (κ2) is 10.5. The lowest BCUT2D eigenvalue weighted by Gasteiger charge is -2.26. The van der Waals surface area contributed by atoms with E-state index in [2.05, 4.69) is 10.2 Å². The smallest absolute Gasteiger partial charge is 0.230 e. The molecule has 2 rings (SSSR count). The van der Waals surface area contributed by atoms with Crippen molar-refractivity contribution in [3.8, 4) is 5.75 Å². The number of para-hydroxylation sites is 1. The summed E-state index contributed by atoms with van der Waals surface area (Å²) in [4.78, 5) is 14.3. The van der Waals surface area contributed by atoms with E-state index in [1.807, 2.05) is 62.6 Å². The van der Waals surface area contributed by atoms with Crippen molar-refractivity contribution >= 4 is 29.3 Å². The van der Waals surface area contributed by atoms with Crippen LogP contribution in [-0.2, 0) is 10.5 Å². The van der Waals surface area contributed by atoms with Crippen molar-refractivity contribution in [2.24, 2.45) is 0 Å². The maximum Gasteiger partial charge on any atom is 0.230 e. The maximum absolute atomic E-state index is 12.2. The van der Waals surface area contributed by atoms with Gasteiger partial charge in [0, 0.05) is 22.9 Å². The first-order chi connectivity index (χ1) is 12.5. The van der Waals surface area contributed by atoms with Gasteiger partial charge in [-0.1, -0.05) is 41.9 Å². The van der Waals surface area contributed by atoms with Crippen LogP contribution in [0.25, 0.3) is 0 Å². The quantitative estimate of drug-likeness (QED) is 0.700. The normalized spacial score (nSPS) is 12.0. The molecule has 1 unspecified atom stereocenters. The molecule has 0 saturated carbocycles. The topological polar surface area (TPSA) is 41.6 Å². The van der Waals surface area contributed by atoms with Gasteiger partial charge in [0.1, 0.15) is 5.75 Å². The fourth-order valence-electron chi connectivity index (χ4n) is 2.62. The largest absolute Gasteiger partial charge is 0.496 e. The molecule has 0 aliphatic heterocycles. The molecule has 26 heavy (non-hydrogen) atoms. The molecule has 2 aromatic carbocycles. The molecule has 0 aromatic heterocycles. The second-order valence-corrected chi connectivity index (χ2v) is 7.57. The Morgan fingerprint density at radius 3 is 2.54 bits per heavy atom. The molecule has 1 N–H and O–H groups in total. The van der Waals surface area contributed by atoms with Gasteiger partial charge in [-0.25, -0.2) is 0 Å². The molecule has 0 heterocycles. The van der Waals surface area contributed by atoms with E-state index in [-0.39, 0.29) is 11.9 Å². The highest BCUT2D eigenvalue weighted by Gasteiger charge is 2.18. The molecule has 0 aliphatic carbocycles. The number of rotatable bonds is 9. The van der Waals surface area contributed by atoms with Crippen molar-refractivity contribution < 1.29 is 9.53 Å². The number of methoxy groups -OCH3 is 1. The van der Waals surface area contributed by atoms with Crippen molar-refractivity contribution in [2.75, 3.05) is 33.5 Å². The van der Waals surface area contributed by atoms with E-state index < -0.39 is 0 Å². The molecule has 1 atom stereocenters. The Bertz CT molecular complexity index is 707. The zero-order valence-corrected chi connectivity index (χ0v) is 16.9. The van der Waals surface area contributed by atoms with Crippen LogP contribution in [0.2, 0.25) is 5.02 Å². The van der Waals surface area contributed by atoms with E-state index in [0.717, 1.165) is 27.7 Å². The lowest BCUT2D eigenvalue weighted by atomic mass is 10.0. The zero-order chi connectivity index (χ0) is 18.9. The summed E-state index contributed by atoms with van der Waals surface area (Å²) in [7, 11) is 5.66. The minimum Gasteiger partial charge on any atom is -0.496 e. The molecule has 4 nitrogen and oxygen atoms in total. The third-order valence-electron chi connectivity index (χ3n) is 4.03. The van der Waals surface area contributed by atoms with E-state index in [1.165, 1.54) is 0 Å². The first kappa shape index (κ1) is 20.6. The van der Waals surface area contributed by atoms with Crippen molar-refractivity contribution in [3.05, 3.63) is 64.7 Å². The fraction of sp³-hybridized carbons (Fsp3) is 0.350. The number of halogens is 1. The van der Waals surface area contributed by atoms with E-state index in [1.54, 1.807) is 18.9 Å². The number of carbonyl (C=O) groups is 1. The number of ether oxygens (including phenoxy) is 1. The lowest BCUT2D eigenvalue weighted by molar-refractivity contribution is -0.118. The van der Waals surface area contributed by atoms with Crippen molar-refractivity contribution in [3.63, 3.8) is 0 Å². The number of likely N-dealkylation sites (N-methyl/N-ethyl adjacent to an activating group) is 1. The molecule has 0 fully saturated rings. The van der Waals surface area contributed by atoms with Crippen LogP contribution in [0, 0.1) is 0 Å². The van der Waals surface area contributed by atoms with Gasteiger partial charge < -0.3 is 15.0 Å². The summed E-state index contributed by atoms with van der Waals surface area (Å²) in [5.41, 5.74) is 2.22. The van der Waals surface area contributed by atoms with Crippen LogP contribution in [-0.4, -0.2) is 44.3 Å². The minimum atomic E-state index is 0.0331. The molecular weight excluding hydrogens is 368 g/mol. The zero-order valence-electron chi connectivity index (χ0n) is 15.4. The van der Waals surface area contributed by atoms with Gasteiger partial charge in [-0.3, -0.25) is 4.79 Å². The summed E-state index contributed by atoms with van der Waals surface area (Å²) in [6, 6.07) is 15.7. The van der Waals surface area contributed by atoms with Gasteiger partial charge in [0.05, 0.1) is 18.9 Å². The van der Waals surface area contributed by atoms with Gasteiger partial charge in [0.25, 0.3) is 0 Å². The Balaban J connectivity index is 1.84. The number of carbonyl (C=O) groups excluding carboxylic acids is 1. The second-order valence-electron chi connectivity index (χ2n) is 6.14. The number of thioether (sulfide) groups is 1. The molecule has 2 aromatic rings. The molecule has 0 spiro atoms. The Labute approximate surface area is 164 Å². The summed E-state index contributed by atoms with van der Waals surface area (Å²) in [6.45, 7) is 0.535. The van der Waals surface area contributed by atoms with Gasteiger partial charge in [0.15, 0.2) is 0 Å². The van der Waals surface area contributed by atoms with Crippen LogP contribution in [0.15, 0.2) is 48.5 Å². The van der Waals surface area contributed by atoms with Gasteiger partial charge in [-0.05, 0) is 37.9 Å². The number of nitrogens with one attached hydrogen (secondary N) is 1. The SMILES string of the molecule is COc1ccccc1C(CNC(=O)CSCc1ccc(Cl)cc1)N(C)C. The predicted molar refractivity (Wildman–Crippen MR) is 110 cm³/mol. The highest BCUT2D eigenvalue weighted by molar-refractivity contribution is 7.99. The molecule has 0 saturated heterocycles.